The van der Waals surface area contributed by atoms with Crippen LogP contribution in [0.25, 0.3) is 0 Å². The van der Waals surface area contributed by atoms with Crippen LogP contribution in [0, 0.1) is 0 Å². The third-order valence-corrected chi connectivity index (χ3v) is 3.49. The number of nitrogens with one attached hydrogen (secondary N) is 1. The SMILES string of the molecule is CCCCC(NC(=O)c1ccnc(C2CC2)c1)C(=O)O. The lowest BCUT2D eigenvalue weighted by atomic mass is 10.1. The number of unbranched alkanes of at least 4 members (excludes halogenated alkanes) is 1. The van der Waals surface area contributed by atoms with Crippen molar-refractivity contribution in [3.05, 3.63) is 29.6 Å². The molecule has 1 heterocycles. The highest BCUT2D eigenvalue weighted by molar-refractivity contribution is 5.96. The van der Waals surface area contributed by atoms with E-state index in [1.807, 2.05) is 6.92 Å². The second-order valence-electron chi connectivity index (χ2n) is 5.25. The number of hydrogen-bond acceptors (Lipinski definition) is 3. The van der Waals surface area contributed by atoms with E-state index in [1.165, 1.54) is 0 Å². The van der Waals surface area contributed by atoms with Crippen LogP contribution in [0.1, 0.15) is 61.0 Å². The van der Waals surface area contributed by atoms with Gasteiger partial charge in [-0.15, -0.1) is 0 Å². The highest BCUT2D eigenvalue weighted by atomic mass is 16.4. The molecule has 1 unspecified atom stereocenters. The Bertz CT molecular complexity index is 498. The van der Waals surface area contributed by atoms with Gasteiger partial charge in [0.25, 0.3) is 5.91 Å². The van der Waals surface area contributed by atoms with E-state index in [0.717, 1.165) is 31.4 Å². The first kappa shape index (κ1) is 14.5. The van der Waals surface area contributed by atoms with Gasteiger partial charge in [0.15, 0.2) is 0 Å². The van der Waals surface area contributed by atoms with Gasteiger partial charge in [0.05, 0.1) is 0 Å². The van der Waals surface area contributed by atoms with E-state index in [4.69, 9.17) is 5.11 Å². The van der Waals surface area contributed by atoms with Crippen molar-refractivity contribution < 1.29 is 14.7 Å². The molecule has 1 aliphatic rings. The zero-order valence-corrected chi connectivity index (χ0v) is 11.6. The van der Waals surface area contributed by atoms with Crippen molar-refractivity contribution in [2.75, 3.05) is 0 Å². The molecule has 0 spiro atoms. The number of carbonyl (C=O) groups is 2. The standard InChI is InChI=1S/C15H20N2O3/c1-2-3-4-12(15(19)20)17-14(18)11-7-8-16-13(9-11)10-5-6-10/h7-10,12H,2-6H2,1H3,(H,17,18)(H,19,20). The van der Waals surface area contributed by atoms with Crippen molar-refractivity contribution in [2.24, 2.45) is 0 Å². The molecule has 1 saturated carbocycles. The van der Waals surface area contributed by atoms with Crippen LogP contribution in [0.4, 0.5) is 0 Å². The quantitative estimate of drug-likeness (QED) is 0.801. The van der Waals surface area contributed by atoms with E-state index in [0.29, 0.717) is 17.9 Å². The fourth-order valence-electron chi connectivity index (χ4n) is 2.10. The lowest BCUT2D eigenvalue weighted by molar-refractivity contribution is -0.139. The van der Waals surface area contributed by atoms with Crippen molar-refractivity contribution >= 4 is 11.9 Å². The Hall–Kier alpha value is -1.91. The van der Waals surface area contributed by atoms with E-state index >= 15 is 0 Å². The monoisotopic (exact) mass is 276 g/mol. The molecule has 1 amide bonds. The highest BCUT2D eigenvalue weighted by Gasteiger charge is 2.26. The molecular weight excluding hydrogens is 256 g/mol. The molecule has 0 aromatic carbocycles. The number of carbonyl (C=O) groups excluding carboxylic acids is 1. The summed E-state index contributed by atoms with van der Waals surface area (Å²) >= 11 is 0. The first-order valence-electron chi connectivity index (χ1n) is 7.11. The number of carboxylic acids is 1. The average molecular weight is 276 g/mol. The third kappa shape index (κ3) is 3.79. The van der Waals surface area contributed by atoms with E-state index in [1.54, 1.807) is 18.3 Å². The summed E-state index contributed by atoms with van der Waals surface area (Å²) in [6.45, 7) is 1.99. The Morgan fingerprint density at radius 1 is 1.50 bits per heavy atom. The topological polar surface area (TPSA) is 79.3 Å². The van der Waals surface area contributed by atoms with Crippen LogP contribution in [-0.4, -0.2) is 28.0 Å². The second-order valence-corrected chi connectivity index (χ2v) is 5.25. The Balaban J connectivity index is 2.02. The number of nitrogens with zero attached hydrogens (tertiary/aromatic N) is 1. The molecule has 1 aromatic rings. The van der Waals surface area contributed by atoms with Crippen molar-refractivity contribution in [3.8, 4) is 0 Å². The Morgan fingerprint density at radius 3 is 2.85 bits per heavy atom. The fraction of sp³-hybridized carbons (Fsp3) is 0.533. The predicted molar refractivity (Wildman–Crippen MR) is 74.6 cm³/mol. The number of hydrogen-bond donors (Lipinski definition) is 2. The maximum Gasteiger partial charge on any atom is 0.326 e. The van der Waals surface area contributed by atoms with Crippen LogP contribution < -0.4 is 5.32 Å². The summed E-state index contributed by atoms with van der Waals surface area (Å²) in [5.74, 6) is -0.848. The zero-order valence-electron chi connectivity index (χ0n) is 11.6. The van der Waals surface area contributed by atoms with Gasteiger partial charge in [0.1, 0.15) is 6.04 Å². The number of amides is 1. The van der Waals surface area contributed by atoms with Gasteiger partial charge >= 0.3 is 5.97 Å². The van der Waals surface area contributed by atoms with Gasteiger partial charge in [-0.1, -0.05) is 19.8 Å². The number of aromatic nitrogens is 1. The maximum absolute atomic E-state index is 12.1. The minimum atomic E-state index is -0.983. The largest absolute Gasteiger partial charge is 0.480 e. The van der Waals surface area contributed by atoms with Crippen molar-refractivity contribution in [1.29, 1.82) is 0 Å². The molecule has 2 N–H and O–H groups in total. The molecule has 0 radical (unpaired) electrons. The van der Waals surface area contributed by atoms with Crippen LogP contribution in [-0.2, 0) is 4.79 Å². The van der Waals surface area contributed by atoms with E-state index in [9.17, 15) is 9.59 Å². The van der Waals surface area contributed by atoms with Gasteiger partial charge in [-0.2, -0.15) is 0 Å². The number of carboxylic acid groups (broad SMARTS) is 1. The summed E-state index contributed by atoms with van der Waals surface area (Å²) < 4.78 is 0. The Kier molecular flexibility index (Phi) is 4.71. The van der Waals surface area contributed by atoms with E-state index < -0.39 is 12.0 Å². The molecule has 2 rings (SSSR count). The van der Waals surface area contributed by atoms with Crippen molar-refractivity contribution in [1.82, 2.24) is 10.3 Å². The molecule has 0 bridgehead atoms. The highest BCUT2D eigenvalue weighted by Crippen LogP contribution is 2.38. The van der Waals surface area contributed by atoms with Gasteiger partial charge < -0.3 is 10.4 Å². The fourth-order valence-corrected chi connectivity index (χ4v) is 2.10. The van der Waals surface area contributed by atoms with Crippen LogP contribution >= 0.6 is 0 Å². The van der Waals surface area contributed by atoms with Crippen molar-refractivity contribution in [2.45, 2.75) is 51.0 Å². The van der Waals surface area contributed by atoms with Gasteiger partial charge in [-0.05, 0) is 31.4 Å². The lowest BCUT2D eigenvalue weighted by Crippen LogP contribution is -2.40. The molecule has 1 aliphatic carbocycles. The number of rotatable bonds is 7. The van der Waals surface area contributed by atoms with Gasteiger partial charge in [-0.25, -0.2) is 4.79 Å². The number of pyridine rings is 1. The van der Waals surface area contributed by atoms with Crippen LogP contribution in [0.2, 0.25) is 0 Å². The molecular formula is C15H20N2O3. The molecule has 5 nitrogen and oxygen atoms in total. The number of aliphatic carboxylic acids is 1. The molecule has 108 valence electrons. The Labute approximate surface area is 118 Å². The first-order chi connectivity index (χ1) is 9.61. The zero-order chi connectivity index (χ0) is 14.5. The third-order valence-electron chi connectivity index (χ3n) is 3.49. The average Bonchev–Trinajstić information content (AvgIpc) is 3.27. The summed E-state index contributed by atoms with van der Waals surface area (Å²) in [6.07, 6.45) is 5.99. The first-order valence-corrected chi connectivity index (χ1v) is 7.11. The van der Waals surface area contributed by atoms with E-state index in [-0.39, 0.29) is 5.91 Å². The van der Waals surface area contributed by atoms with Crippen LogP contribution in [0.3, 0.4) is 0 Å². The van der Waals surface area contributed by atoms with Gasteiger partial charge in [0.2, 0.25) is 0 Å². The minimum Gasteiger partial charge on any atom is -0.480 e. The molecule has 0 saturated heterocycles. The molecule has 1 fully saturated rings. The summed E-state index contributed by atoms with van der Waals surface area (Å²) in [7, 11) is 0. The van der Waals surface area contributed by atoms with Gasteiger partial charge in [-0.3, -0.25) is 9.78 Å². The summed E-state index contributed by atoms with van der Waals surface area (Å²) in [4.78, 5) is 27.5. The minimum absolute atomic E-state index is 0.335. The molecule has 20 heavy (non-hydrogen) atoms. The molecule has 5 heteroatoms. The Morgan fingerprint density at radius 2 is 2.25 bits per heavy atom. The van der Waals surface area contributed by atoms with Crippen LogP contribution in [0.15, 0.2) is 18.3 Å². The summed E-state index contributed by atoms with van der Waals surface area (Å²) in [6, 6.07) is 2.58. The summed E-state index contributed by atoms with van der Waals surface area (Å²) in [5.41, 5.74) is 1.42. The van der Waals surface area contributed by atoms with Crippen molar-refractivity contribution in [3.63, 3.8) is 0 Å². The normalized spacial score (nSPS) is 15.7. The smallest absolute Gasteiger partial charge is 0.326 e. The predicted octanol–water partition coefficient (Wildman–Crippen LogP) is 2.33. The lowest BCUT2D eigenvalue weighted by Gasteiger charge is -2.14. The van der Waals surface area contributed by atoms with Crippen LogP contribution in [0.5, 0.6) is 0 Å². The van der Waals surface area contributed by atoms with E-state index in [2.05, 4.69) is 10.3 Å². The van der Waals surface area contributed by atoms with Gasteiger partial charge in [0, 0.05) is 23.4 Å². The second kappa shape index (κ2) is 6.50. The summed E-state index contributed by atoms with van der Waals surface area (Å²) in [5, 5.41) is 11.7. The molecule has 0 aliphatic heterocycles. The molecule has 1 atom stereocenters. The maximum atomic E-state index is 12.1. The molecule has 1 aromatic heterocycles.